The van der Waals surface area contributed by atoms with Gasteiger partial charge in [-0.2, -0.15) is 5.10 Å². The highest BCUT2D eigenvalue weighted by atomic mass is 15.2. The molecule has 102 valence electrons. The van der Waals surface area contributed by atoms with Crippen LogP contribution >= 0.6 is 0 Å². The fourth-order valence-corrected chi connectivity index (χ4v) is 2.68. The van der Waals surface area contributed by atoms with Gasteiger partial charge in [-0.05, 0) is 31.8 Å². The number of nitrogens with one attached hydrogen (secondary N) is 1. The van der Waals surface area contributed by atoms with Gasteiger partial charge in [-0.25, -0.2) is 0 Å². The Labute approximate surface area is 110 Å². The lowest BCUT2D eigenvalue weighted by atomic mass is 9.97. The summed E-state index contributed by atoms with van der Waals surface area (Å²) in [5, 5.41) is 7.80. The zero-order chi connectivity index (χ0) is 13.0. The van der Waals surface area contributed by atoms with Gasteiger partial charge in [0.15, 0.2) is 0 Å². The number of aromatic nitrogens is 2. The quantitative estimate of drug-likeness (QED) is 0.862. The van der Waals surface area contributed by atoms with Crippen LogP contribution in [0, 0.1) is 5.92 Å². The van der Waals surface area contributed by atoms with Crippen LogP contribution in [0.25, 0.3) is 0 Å². The van der Waals surface area contributed by atoms with Crippen molar-refractivity contribution in [3.8, 4) is 0 Å². The van der Waals surface area contributed by atoms with E-state index in [0.717, 1.165) is 19.0 Å². The predicted molar refractivity (Wildman–Crippen MR) is 74.3 cm³/mol. The monoisotopic (exact) mass is 250 g/mol. The molecule has 1 saturated heterocycles. The second kappa shape index (κ2) is 6.34. The van der Waals surface area contributed by atoms with E-state index < -0.39 is 0 Å². The number of likely N-dealkylation sites (tertiary alicyclic amines) is 1. The second-order valence-electron chi connectivity index (χ2n) is 5.83. The van der Waals surface area contributed by atoms with Crippen molar-refractivity contribution >= 4 is 0 Å². The van der Waals surface area contributed by atoms with E-state index in [2.05, 4.69) is 35.4 Å². The van der Waals surface area contributed by atoms with Crippen LogP contribution in [0.3, 0.4) is 0 Å². The Kier molecular flexibility index (Phi) is 4.78. The normalized spacial score (nSPS) is 21.7. The molecule has 1 unspecified atom stereocenters. The number of aryl methyl sites for hydroxylation is 1. The molecule has 1 N–H and O–H groups in total. The predicted octanol–water partition coefficient (Wildman–Crippen LogP) is 1.63. The van der Waals surface area contributed by atoms with Gasteiger partial charge in [0.25, 0.3) is 0 Å². The maximum atomic E-state index is 4.24. The zero-order valence-corrected chi connectivity index (χ0v) is 11.9. The molecule has 0 aromatic carbocycles. The maximum absolute atomic E-state index is 4.24. The second-order valence-corrected chi connectivity index (χ2v) is 5.83. The molecule has 0 bridgehead atoms. The summed E-state index contributed by atoms with van der Waals surface area (Å²) in [4.78, 5) is 2.56. The highest BCUT2D eigenvalue weighted by Crippen LogP contribution is 2.17. The van der Waals surface area contributed by atoms with Crippen LogP contribution in [0.5, 0.6) is 0 Å². The topological polar surface area (TPSA) is 33.1 Å². The SMILES string of the molecule is CC(C)NCC1CCCN(Cc2cnn(C)c2)C1. The first kappa shape index (κ1) is 13.6. The van der Waals surface area contributed by atoms with Gasteiger partial charge in [-0.15, -0.1) is 0 Å². The molecule has 0 spiro atoms. The Balaban J connectivity index is 1.79. The van der Waals surface area contributed by atoms with E-state index in [1.54, 1.807) is 0 Å². The van der Waals surface area contributed by atoms with Gasteiger partial charge >= 0.3 is 0 Å². The van der Waals surface area contributed by atoms with Crippen molar-refractivity contribution in [2.24, 2.45) is 13.0 Å². The molecule has 2 rings (SSSR count). The summed E-state index contributed by atoms with van der Waals surface area (Å²) in [5.74, 6) is 0.804. The largest absolute Gasteiger partial charge is 0.314 e. The van der Waals surface area contributed by atoms with Crippen LogP contribution in [0.1, 0.15) is 32.3 Å². The third-order valence-corrected chi connectivity index (χ3v) is 3.58. The molecule has 1 aromatic heterocycles. The van der Waals surface area contributed by atoms with Gasteiger partial charge in [0.2, 0.25) is 0 Å². The number of hydrogen-bond acceptors (Lipinski definition) is 3. The summed E-state index contributed by atoms with van der Waals surface area (Å²) >= 11 is 0. The molecule has 4 nitrogen and oxygen atoms in total. The fourth-order valence-electron chi connectivity index (χ4n) is 2.68. The van der Waals surface area contributed by atoms with Crippen LogP contribution in [-0.4, -0.2) is 40.4 Å². The maximum Gasteiger partial charge on any atom is 0.0534 e. The molecule has 1 fully saturated rings. The number of nitrogens with zero attached hydrogens (tertiary/aromatic N) is 3. The van der Waals surface area contributed by atoms with E-state index in [1.807, 2.05) is 17.9 Å². The van der Waals surface area contributed by atoms with Crippen molar-refractivity contribution in [3.05, 3.63) is 18.0 Å². The number of hydrogen-bond donors (Lipinski definition) is 1. The summed E-state index contributed by atoms with van der Waals surface area (Å²) in [5.41, 5.74) is 1.33. The average Bonchev–Trinajstić information content (AvgIpc) is 2.73. The molecule has 0 saturated carbocycles. The van der Waals surface area contributed by atoms with Crippen molar-refractivity contribution in [3.63, 3.8) is 0 Å². The molecular formula is C14H26N4. The van der Waals surface area contributed by atoms with E-state index in [4.69, 9.17) is 0 Å². The van der Waals surface area contributed by atoms with E-state index in [9.17, 15) is 0 Å². The zero-order valence-electron chi connectivity index (χ0n) is 11.9. The van der Waals surface area contributed by atoms with Crippen LogP contribution in [0.2, 0.25) is 0 Å². The third-order valence-electron chi connectivity index (χ3n) is 3.58. The fraction of sp³-hybridized carbons (Fsp3) is 0.786. The third kappa shape index (κ3) is 4.10. The minimum atomic E-state index is 0.596. The van der Waals surface area contributed by atoms with Crippen LogP contribution < -0.4 is 5.32 Å². The van der Waals surface area contributed by atoms with Gasteiger partial charge in [0, 0.05) is 37.9 Å². The molecule has 4 heteroatoms. The molecule has 18 heavy (non-hydrogen) atoms. The summed E-state index contributed by atoms with van der Waals surface area (Å²) < 4.78 is 1.89. The summed E-state index contributed by atoms with van der Waals surface area (Å²) in [6, 6.07) is 0.596. The van der Waals surface area contributed by atoms with E-state index in [1.165, 1.54) is 31.5 Å². The smallest absolute Gasteiger partial charge is 0.0534 e. The Bertz CT molecular complexity index is 358. The molecule has 0 aliphatic carbocycles. The minimum absolute atomic E-state index is 0.596. The highest BCUT2D eigenvalue weighted by Gasteiger charge is 2.20. The van der Waals surface area contributed by atoms with Gasteiger partial charge in [0.1, 0.15) is 0 Å². The first-order valence-electron chi connectivity index (χ1n) is 7.06. The van der Waals surface area contributed by atoms with Crippen molar-refractivity contribution in [1.29, 1.82) is 0 Å². The molecule has 1 atom stereocenters. The number of piperidine rings is 1. The molecule has 2 heterocycles. The Morgan fingerprint density at radius 2 is 2.33 bits per heavy atom. The van der Waals surface area contributed by atoms with Crippen LogP contribution in [0.15, 0.2) is 12.4 Å². The van der Waals surface area contributed by atoms with Crippen molar-refractivity contribution in [1.82, 2.24) is 20.0 Å². The lowest BCUT2D eigenvalue weighted by Crippen LogP contribution is -2.40. The Hall–Kier alpha value is -0.870. The highest BCUT2D eigenvalue weighted by molar-refractivity contribution is 5.03. The Morgan fingerprint density at radius 1 is 1.50 bits per heavy atom. The van der Waals surface area contributed by atoms with Crippen molar-refractivity contribution in [2.45, 2.75) is 39.3 Å². The lowest BCUT2D eigenvalue weighted by molar-refractivity contribution is 0.164. The average molecular weight is 250 g/mol. The Morgan fingerprint density at radius 3 is 3.00 bits per heavy atom. The lowest BCUT2D eigenvalue weighted by Gasteiger charge is -2.33. The standard InChI is InChI=1S/C14H26N4/c1-12(2)15-7-13-5-4-6-18(10-13)11-14-8-16-17(3)9-14/h8-9,12-13,15H,4-7,10-11H2,1-3H3. The first-order valence-corrected chi connectivity index (χ1v) is 7.06. The molecule has 0 amide bonds. The molecule has 1 aliphatic rings. The van der Waals surface area contributed by atoms with Crippen LogP contribution in [-0.2, 0) is 13.6 Å². The molecule has 0 radical (unpaired) electrons. The summed E-state index contributed by atoms with van der Waals surface area (Å²) in [7, 11) is 1.98. The van der Waals surface area contributed by atoms with Crippen molar-refractivity contribution in [2.75, 3.05) is 19.6 Å². The van der Waals surface area contributed by atoms with E-state index >= 15 is 0 Å². The van der Waals surface area contributed by atoms with E-state index in [-0.39, 0.29) is 0 Å². The van der Waals surface area contributed by atoms with Gasteiger partial charge in [-0.1, -0.05) is 13.8 Å². The summed E-state index contributed by atoms with van der Waals surface area (Å²) in [6.45, 7) is 9.08. The van der Waals surface area contributed by atoms with Crippen molar-refractivity contribution < 1.29 is 0 Å². The first-order chi connectivity index (χ1) is 8.63. The molecular weight excluding hydrogens is 224 g/mol. The van der Waals surface area contributed by atoms with Gasteiger partial charge in [-0.3, -0.25) is 9.58 Å². The summed E-state index contributed by atoms with van der Waals surface area (Å²) in [6.07, 6.45) is 6.79. The molecule has 1 aromatic rings. The van der Waals surface area contributed by atoms with Gasteiger partial charge < -0.3 is 5.32 Å². The van der Waals surface area contributed by atoms with Crippen LogP contribution in [0.4, 0.5) is 0 Å². The van der Waals surface area contributed by atoms with Gasteiger partial charge in [0.05, 0.1) is 6.20 Å². The van der Waals surface area contributed by atoms with E-state index in [0.29, 0.717) is 6.04 Å². The molecule has 1 aliphatic heterocycles. The minimum Gasteiger partial charge on any atom is -0.314 e. The number of rotatable bonds is 5.